The first-order valence-corrected chi connectivity index (χ1v) is 14.8. The van der Waals surface area contributed by atoms with E-state index < -0.39 is 17.8 Å². The molecule has 1 N–H and O–H groups in total. The molecule has 0 spiro atoms. The molecule has 10 heteroatoms. The van der Waals surface area contributed by atoms with Crippen molar-refractivity contribution in [1.29, 1.82) is 0 Å². The van der Waals surface area contributed by atoms with Gasteiger partial charge in [-0.15, -0.1) is 0 Å². The number of anilines is 1. The Morgan fingerprint density at radius 3 is 2.04 bits per heavy atom. The van der Waals surface area contributed by atoms with Gasteiger partial charge in [0.05, 0.1) is 26.0 Å². The summed E-state index contributed by atoms with van der Waals surface area (Å²) in [6, 6.07) is 26.2. The number of hydrogen-bond donors (Lipinski definition) is 1. The van der Waals surface area contributed by atoms with Gasteiger partial charge in [0.25, 0.3) is 11.8 Å². The van der Waals surface area contributed by atoms with Gasteiger partial charge >= 0.3 is 6.03 Å². The number of carbonyl (C=O) groups excluding carboxylic acids is 3. The number of amides is 4. The van der Waals surface area contributed by atoms with E-state index in [4.69, 9.17) is 23.7 Å². The monoisotopic (exact) mass is 622 g/mol. The van der Waals surface area contributed by atoms with Crippen LogP contribution in [0.3, 0.4) is 0 Å². The predicted molar refractivity (Wildman–Crippen MR) is 172 cm³/mol. The van der Waals surface area contributed by atoms with E-state index in [2.05, 4.69) is 5.32 Å². The normalized spacial score (nSPS) is 13.8. The Labute approximate surface area is 267 Å². The van der Waals surface area contributed by atoms with E-state index in [-0.39, 0.29) is 12.2 Å². The van der Waals surface area contributed by atoms with Crippen LogP contribution < -0.4 is 33.9 Å². The zero-order valence-electron chi connectivity index (χ0n) is 25.8. The lowest BCUT2D eigenvalue weighted by molar-refractivity contribution is -0.122. The average Bonchev–Trinajstić information content (AvgIpc) is 3.07. The van der Waals surface area contributed by atoms with E-state index >= 15 is 0 Å². The lowest BCUT2D eigenvalue weighted by Gasteiger charge is -2.26. The molecule has 1 fully saturated rings. The number of ether oxygens (including phenoxy) is 5. The summed E-state index contributed by atoms with van der Waals surface area (Å²) >= 11 is 0. The van der Waals surface area contributed by atoms with Crippen LogP contribution in [-0.2, 0) is 22.8 Å². The minimum Gasteiger partial charge on any atom is -0.494 e. The molecule has 0 atom stereocenters. The molecule has 0 unspecified atom stereocenters. The molecule has 46 heavy (non-hydrogen) atoms. The first-order chi connectivity index (χ1) is 22.4. The molecule has 10 nitrogen and oxygen atoms in total. The van der Waals surface area contributed by atoms with Crippen LogP contribution in [0.25, 0.3) is 6.08 Å². The number of rotatable bonds is 13. The summed E-state index contributed by atoms with van der Waals surface area (Å²) in [6.45, 7) is 5.35. The Balaban J connectivity index is 1.30. The highest BCUT2D eigenvalue weighted by molar-refractivity contribution is 6.39. The number of carbonyl (C=O) groups is 3. The Morgan fingerprint density at radius 1 is 0.674 bits per heavy atom. The third-order valence-corrected chi connectivity index (χ3v) is 6.95. The van der Waals surface area contributed by atoms with Gasteiger partial charge in [0, 0.05) is 0 Å². The lowest BCUT2D eigenvalue weighted by atomic mass is 10.1. The summed E-state index contributed by atoms with van der Waals surface area (Å²) in [5.74, 6) is 1.14. The van der Waals surface area contributed by atoms with Crippen molar-refractivity contribution in [3.63, 3.8) is 0 Å². The molecule has 0 bridgehead atoms. The van der Waals surface area contributed by atoms with E-state index in [1.54, 1.807) is 42.5 Å². The van der Waals surface area contributed by atoms with Gasteiger partial charge in [-0.1, -0.05) is 42.5 Å². The third-order valence-electron chi connectivity index (χ3n) is 6.95. The maximum atomic E-state index is 13.3. The van der Waals surface area contributed by atoms with Gasteiger partial charge in [-0.05, 0) is 85.1 Å². The van der Waals surface area contributed by atoms with Crippen molar-refractivity contribution >= 4 is 29.6 Å². The fraction of sp³-hybridized carbons (Fsp3) is 0.194. The van der Waals surface area contributed by atoms with Gasteiger partial charge in [-0.2, -0.15) is 0 Å². The molecule has 236 valence electrons. The topological polar surface area (TPSA) is 113 Å². The number of benzene rings is 4. The third kappa shape index (κ3) is 7.47. The van der Waals surface area contributed by atoms with Crippen LogP contribution in [0, 0.1) is 0 Å². The molecule has 1 heterocycles. The molecule has 4 aromatic rings. The van der Waals surface area contributed by atoms with Gasteiger partial charge < -0.3 is 23.7 Å². The molecule has 5 rings (SSSR count). The molecule has 4 amide bonds. The minimum atomic E-state index is -0.832. The van der Waals surface area contributed by atoms with Crippen molar-refractivity contribution in [2.45, 2.75) is 27.1 Å². The minimum absolute atomic E-state index is 0.206. The second-order valence-corrected chi connectivity index (χ2v) is 10.1. The zero-order chi connectivity index (χ0) is 32.5. The van der Waals surface area contributed by atoms with Crippen LogP contribution in [0.5, 0.6) is 28.7 Å². The summed E-state index contributed by atoms with van der Waals surface area (Å²) in [5.41, 5.74) is 2.50. The van der Waals surface area contributed by atoms with Crippen LogP contribution in [0.2, 0.25) is 0 Å². The highest BCUT2D eigenvalue weighted by Gasteiger charge is 2.36. The Morgan fingerprint density at radius 2 is 1.35 bits per heavy atom. The van der Waals surface area contributed by atoms with E-state index in [9.17, 15) is 14.4 Å². The second kappa shape index (κ2) is 14.8. The first kappa shape index (κ1) is 31.6. The van der Waals surface area contributed by atoms with Crippen LogP contribution in [0.1, 0.15) is 30.5 Å². The van der Waals surface area contributed by atoms with Gasteiger partial charge in [0.2, 0.25) is 0 Å². The van der Waals surface area contributed by atoms with Gasteiger partial charge in [0.1, 0.15) is 24.5 Å². The van der Waals surface area contributed by atoms with Crippen LogP contribution in [0.4, 0.5) is 10.5 Å². The Bertz CT molecular complexity index is 1740. The molecule has 1 aliphatic heterocycles. The van der Waals surface area contributed by atoms with E-state index in [1.807, 2.05) is 62.4 Å². The van der Waals surface area contributed by atoms with Crippen LogP contribution in [0.15, 0.2) is 96.6 Å². The maximum Gasteiger partial charge on any atom is 0.335 e. The number of barbiturate groups is 1. The largest absolute Gasteiger partial charge is 0.494 e. The molecule has 0 radical (unpaired) electrons. The fourth-order valence-electron chi connectivity index (χ4n) is 4.74. The van der Waals surface area contributed by atoms with Gasteiger partial charge in [0.15, 0.2) is 23.0 Å². The molecule has 4 aromatic carbocycles. The van der Waals surface area contributed by atoms with Gasteiger partial charge in [-0.25, -0.2) is 9.69 Å². The quantitative estimate of drug-likeness (QED) is 0.136. The molecule has 1 aliphatic rings. The lowest BCUT2D eigenvalue weighted by Crippen LogP contribution is -2.54. The van der Waals surface area contributed by atoms with Crippen molar-refractivity contribution in [2.24, 2.45) is 0 Å². The van der Waals surface area contributed by atoms with Crippen molar-refractivity contribution in [1.82, 2.24) is 5.32 Å². The molecule has 0 aliphatic carbocycles. The maximum absolute atomic E-state index is 13.3. The average molecular weight is 623 g/mol. The fourth-order valence-corrected chi connectivity index (χ4v) is 4.74. The number of hydrogen-bond acceptors (Lipinski definition) is 8. The van der Waals surface area contributed by atoms with E-state index in [1.165, 1.54) is 13.2 Å². The van der Waals surface area contributed by atoms with Crippen LogP contribution >= 0.6 is 0 Å². The molecule has 0 saturated carbocycles. The Hall–Kier alpha value is -5.77. The summed E-state index contributed by atoms with van der Waals surface area (Å²) in [4.78, 5) is 39.5. The number of imide groups is 2. The van der Waals surface area contributed by atoms with E-state index in [0.717, 1.165) is 16.0 Å². The second-order valence-electron chi connectivity index (χ2n) is 10.1. The van der Waals surface area contributed by atoms with Crippen molar-refractivity contribution in [2.75, 3.05) is 25.2 Å². The predicted octanol–water partition coefficient (Wildman–Crippen LogP) is 6.32. The molecule has 1 saturated heterocycles. The summed E-state index contributed by atoms with van der Waals surface area (Å²) in [7, 11) is 1.50. The van der Waals surface area contributed by atoms with Crippen LogP contribution in [-0.4, -0.2) is 38.2 Å². The van der Waals surface area contributed by atoms with Crippen molar-refractivity contribution in [3.8, 4) is 28.7 Å². The van der Waals surface area contributed by atoms with Crippen molar-refractivity contribution in [3.05, 3.63) is 113 Å². The summed E-state index contributed by atoms with van der Waals surface area (Å²) in [5, 5.41) is 2.23. The van der Waals surface area contributed by atoms with E-state index in [0.29, 0.717) is 59.8 Å². The standard InChI is InChI=1S/C36H34N2O8/c1-4-43-28-15-13-27(14-16-28)38-35(40)29(34(39)37-36(38)41)19-25-11-17-30(32(20-25)42-3)46-23-26-12-18-31(33(21-26)44-5-2)45-22-24-9-7-6-8-10-24/h6-21H,4-5,22-23H2,1-3H3,(H,37,39,41)/b29-19+. The Kier molecular flexibility index (Phi) is 10.2. The zero-order valence-corrected chi connectivity index (χ0v) is 25.8. The smallest absolute Gasteiger partial charge is 0.335 e. The van der Waals surface area contributed by atoms with Gasteiger partial charge in [-0.3, -0.25) is 14.9 Å². The summed E-state index contributed by atoms with van der Waals surface area (Å²) < 4.78 is 28.9. The molecular formula is C36H34N2O8. The highest BCUT2D eigenvalue weighted by Crippen LogP contribution is 2.33. The number of urea groups is 1. The number of methoxy groups -OCH3 is 1. The number of nitrogens with zero attached hydrogens (tertiary/aromatic N) is 1. The highest BCUT2D eigenvalue weighted by atomic mass is 16.5. The summed E-state index contributed by atoms with van der Waals surface area (Å²) in [6.07, 6.45) is 1.40. The molecular weight excluding hydrogens is 588 g/mol. The number of nitrogens with one attached hydrogen (secondary N) is 1. The van der Waals surface area contributed by atoms with Crippen molar-refractivity contribution < 1.29 is 38.1 Å². The SMILES string of the molecule is CCOc1ccc(N2C(=O)NC(=O)/C(=C\c3ccc(OCc4ccc(OCc5ccccc5)c(OCC)c4)c(OC)c3)C2=O)cc1. The molecule has 0 aromatic heterocycles. The first-order valence-electron chi connectivity index (χ1n) is 14.8.